The molecule has 0 aliphatic carbocycles. The molecular formula is C16H26Cl2N2O2. The summed E-state index contributed by atoms with van der Waals surface area (Å²) in [6.07, 6.45) is 0.994. The van der Waals surface area contributed by atoms with Gasteiger partial charge in [-0.15, -0.1) is 12.4 Å². The predicted molar refractivity (Wildman–Crippen MR) is 94.0 cm³/mol. The smallest absolute Gasteiger partial charge is 0.260 e. The number of amides is 1. The third-order valence-corrected chi connectivity index (χ3v) is 4.09. The number of nitrogens with two attached hydrogens (primary N) is 1. The van der Waals surface area contributed by atoms with Crippen LogP contribution < -0.4 is 15.8 Å². The molecule has 0 spiro atoms. The summed E-state index contributed by atoms with van der Waals surface area (Å²) in [6.45, 7) is 8.11. The first-order chi connectivity index (χ1) is 9.81. The van der Waals surface area contributed by atoms with E-state index in [1.165, 1.54) is 0 Å². The number of benzene rings is 1. The monoisotopic (exact) mass is 348 g/mol. The maximum absolute atomic E-state index is 12.1. The van der Waals surface area contributed by atoms with Gasteiger partial charge in [-0.2, -0.15) is 0 Å². The fourth-order valence-corrected chi connectivity index (χ4v) is 2.01. The van der Waals surface area contributed by atoms with Gasteiger partial charge in [-0.3, -0.25) is 4.79 Å². The molecule has 0 aromatic heterocycles. The van der Waals surface area contributed by atoms with Crippen LogP contribution in [0, 0.1) is 6.92 Å². The average Bonchev–Trinajstić information content (AvgIpc) is 2.48. The number of aryl methyl sites for hydroxylation is 1. The van der Waals surface area contributed by atoms with E-state index < -0.39 is 6.10 Å². The first-order valence-corrected chi connectivity index (χ1v) is 7.68. The zero-order chi connectivity index (χ0) is 16.0. The van der Waals surface area contributed by atoms with Crippen LogP contribution in [0.4, 0.5) is 0 Å². The molecule has 0 aliphatic rings. The van der Waals surface area contributed by atoms with Crippen molar-refractivity contribution < 1.29 is 9.53 Å². The lowest BCUT2D eigenvalue weighted by atomic mass is 9.94. The molecular weight excluding hydrogens is 323 g/mol. The van der Waals surface area contributed by atoms with Crippen LogP contribution >= 0.6 is 24.0 Å². The Morgan fingerprint density at radius 1 is 1.41 bits per heavy atom. The molecule has 0 heterocycles. The molecule has 0 radical (unpaired) electrons. The van der Waals surface area contributed by atoms with Crippen LogP contribution in [0.25, 0.3) is 0 Å². The number of nitrogens with one attached hydrogen (secondary N) is 1. The first kappa shape index (κ1) is 21.0. The van der Waals surface area contributed by atoms with E-state index in [2.05, 4.69) is 5.32 Å². The lowest BCUT2D eigenvalue weighted by Crippen LogP contribution is -2.51. The topological polar surface area (TPSA) is 64.3 Å². The summed E-state index contributed by atoms with van der Waals surface area (Å²) >= 11 is 6.06. The quantitative estimate of drug-likeness (QED) is 0.792. The molecule has 1 amide bonds. The molecule has 0 saturated heterocycles. The van der Waals surface area contributed by atoms with Crippen molar-refractivity contribution in [3.05, 3.63) is 28.8 Å². The Balaban J connectivity index is 0.00000441. The standard InChI is InChI=1S/C16H25ClN2O2.ClH/c1-5-16(18,6-2)10-19-15(20)12(4)21-14-9-11(3)7-8-13(14)17;/h7-9,12H,5-6,10,18H2,1-4H3,(H,19,20);1H. The summed E-state index contributed by atoms with van der Waals surface area (Å²) < 4.78 is 5.64. The molecule has 1 atom stereocenters. The second-order valence-corrected chi connectivity index (χ2v) is 5.89. The molecule has 1 unspecified atom stereocenters. The van der Waals surface area contributed by atoms with Crippen molar-refractivity contribution >= 4 is 29.9 Å². The maximum Gasteiger partial charge on any atom is 0.260 e. The van der Waals surface area contributed by atoms with Crippen LogP contribution in [0.3, 0.4) is 0 Å². The predicted octanol–water partition coefficient (Wildman–Crippen LogP) is 3.47. The number of hydrogen-bond acceptors (Lipinski definition) is 3. The van der Waals surface area contributed by atoms with Gasteiger partial charge in [-0.25, -0.2) is 0 Å². The SMILES string of the molecule is CCC(N)(CC)CNC(=O)C(C)Oc1cc(C)ccc1Cl.Cl. The molecule has 0 saturated carbocycles. The Labute approximate surface area is 144 Å². The van der Waals surface area contributed by atoms with Crippen LogP contribution in [-0.4, -0.2) is 24.1 Å². The Morgan fingerprint density at radius 2 is 2.00 bits per heavy atom. The molecule has 1 aromatic carbocycles. The normalized spacial score (nSPS) is 12.3. The second-order valence-electron chi connectivity index (χ2n) is 5.48. The van der Waals surface area contributed by atoms with Crippen molar-refractivity contribution in [1.29, 1.82) is 0 Å². The highest BCUT2D eigenvalue weighted by Crippen LogP contribution is 2.26. The van der Waals surface area contributed by atoms with E-state index in [-0.39, 0.29) is 23.9 Å². The van der Waals surface area contributed by atoms with Crippen molar-refractivity contribution in [1.82, 2.24) is 5.32 Å². The van der Waals surface area contributed by atoms with Crippen LogP contribution in [0.2, 0.25) is 5.02 Å². The Hall–Kier alpha value is -0.970. The maximum atomic E-state index is 12.1. The molecule has 0 aliphatic heterocycles. The second kappa shape index (κ2) is 9.23. The molecule has 126 valence electrons. The molecule has 22 heavy (non-hydrogen) atoms. The Bertz CT molecular complexity index is 491. The van der Waals surface area contributed by atoms with Gasteiger partial charge in [0.2, 0.25) is 0 Å². The highest BCUT2D eigenvalue weighted by atomic mass is 35.5. The number of halogens is 2. The van der Waals surface area contributed by atoms with Crippen molar-refractivity contribution in [3.63, 3.8) is 0 Å². The van der Waals surface area contributed by atoms with Crippen molar-refractivity contribution in [2.45, 2.75) is 52.2 Å². The molecule has 0 fully saturated rings. The van der Waals surface area contributed by atoms with Gasteiger partial charge in [0.15, 0.2) is 6.10 Å². The van der Waals surface area contributed by atoms with E-state index in [1.54, 1.807) is 13.0 Å². The average molecular weight is 349 g/mol. The van der Waals surface area contributed by atoms with E-state index in [4.69, 9.17) is 22.1 Å². The van der Waals surface area contributed by atoms with Gasteiger partial charge in [-0.05, 0) is 44.4 Å². The van der Waals surface area contributed by atoms with Gasteiger partial charge in [0.25, 0.3) is 5.91 Å². The minimum atomic E-state index is -0.623. The fourth-order valence-electron chi connectivity index (χ4n) is 1.85. The number of carbonyl (C=O) groups excluding carboxylic acids is 1. The van der Waals surface area contributed by atoms with E-state index in [0.29, 0.717) is 17.3 Å². The van der Waals surface area contributed by atoms with E-state index >= 15 is 0 Å². The summed E-state index contributed by atoms with van der Waals surface area (Å²) in [7, 11) is 0. The summed E-state index contributed by atoms with van der Waals surface area (Å²) in [5, 5.41) is 3.34. The molecule has 0 bridgehead atoms. The summed E-state index contributed by atoms with van der Waals surface area (Å²) in [4.78, 5) is 12.1. The van der Waals surface area contributed by atoms with Crippen molar-refractivity contribution in [2.75, 3.05) is 6.54 Å². The highest BCUT2D eigenvalue weighted by molar-refractivity contribution is 6.32. The fraction of sp³-hybridized carbons (Fsp3) is 0.562. The zero-order valence-corrected chi connectivity index (χ0v) is 15.2. The van der Waals surface area contributed by atoms with Gasteiger partial charge < -0.3 is 15.8 Å². The molecule has 1 aromatic rings. The third-order valence-electron chi connectivity index (χ3n) is 3.78. The zero-order valence-electron chi connectivity index (χ0n) is 13.6. The largest absolute Gasteiger partial charge is 0.479 e. The van der Waals surface area contributed by atoms with Gasteiger partial charge >= 0.3 is 0 Å². The van der Waals surface area contributed by atoms with E-state index in [1.807, 2.05) is 32.9 Å². The van der Waals surface area contributed by atoms with Gasteiger partial charge in [0, 0.05) is 12.1 Å². The van der Waals surface area contributed by atoms with Crippen LogP contribution in [0.5, 0.6) is 5.75 Å². The lowest BCUT2D eigenvalue weighted by molar-refractivity contribution is -0.127. The molecule has 3 N–H and O–H groups in total. The number of rotatable bonds is 7. The Morgan fingerprint density at radius 3 is 2.55 bits per heavy atom. The van der Waals surface area contributed by atoms with Crippen molar-refractivity contribution in [2.24, 2.45) is 5.73 Å². The summed E-state index contributed by atoms with van der Waals surface area (Å²) in [6, 6.07) is 5.47. The lowest BCUT2D eigenvalue weighted by Gasteiger charge is -2.27. The van der Waals surface area contributed by atoms with Crippen LogP contribution in [0.1, 0.15) is 39.2 Å². The van der Waals surface area contributed by atoms with E-state index in [0.717, 1.165) is 18.4 Å². The van der Waals surface area contributed by atoms with Gasteiger partial charge in [-0.1, -0.05) is 31.5 Å². The van der Waals surface area contributed by atoms with Crippen molar-refractivity contribution in [3.8, 4) is 5.75 Å². The summed E-state index contributed by atoms with van der Waals surface area (Å²) in [5.41, 5.74) is 6.83. The van der Waals surface area contributed by atoms with Gasteiger partial charge in [0.05, 0.1) is 5.02 Å². The molecule has 6 heteroatoms. The van der Waals surface area contributed by atoms with Crippen LogP contribution in [-0.2, 0) is 4.79 Å². The molecule has 4 nitrogen and oxygen atoms in total. The Kier molecular flexibility index (Phi) is 8.83. The number of carbonyl (C=O) groups is 1. The first-order valence-electron chi connectivity index (χ1n) is 7.30. The third kappa shape index (κ3) is 6.03. The van der Waals surface area contributed by atoms with Gasteiger partial charge in [0.1, 0.15) is 5.75 Å². The summed E-state index contributed by atoms with van der Waals surface area (Å²) in [5.74, 6) is 0.327. The number of ether oxygens (including phenoxy) is 1. The highest BCUT2D eigenvalue weighted by Gasteiger charge is 2.23. The number of hydrogen-bond donors (Lipinski definition) is 2. The molecule has 1 rings (SSSR count). The minimum absolute atomic E-state index is 0. The van der Waals surface area contributed by atoms with E-state index in [9.17, 15) is 4.79 Å². The van der Waals surface area contributed by atoms with Crippen LogP contribution in [0.15, 0.2) is 18.2 Å². The minimum Gasteiger partial charge on any atom is -0.479 e.